The van der Waals surface area contributed by atoms with E-state index in [1.807, 2.05) is 42.6 Å². The number of benzene rings is 1. The van der Waals surface area contributed by atoms with E-state index >= 15 is 0 Å². The van der Waals surface area contributed by atoms with Crippen LogP contribution in [0.3, 0.4) is 0 Å². The highest BCUT2D eigenvalue weighted by molar-refractivity contribution is 8.21. The topological polar surface area (TPSA) is 46.6 Å². The summed E-state index contributed by atoms with van der Waals surface area (Å²) < 4.78 is 34.5. The van der Waals surface area contributed by atoms with Gasteiger partial charge in [0.2, 0.25) is 10.0 Å². The smallest absolute Gasteiger partial charge is 0.245 e. The molecule has 0 radical (unpaired) electrons. The molecule has 2 fully saturated rings. The highest BCUT2D eigenvalue weighted by Gasteiger charge is 2.51. The van der Waals surface area contributed by atoms with Crippen molar-refractivity contribution in [3.05, 3.63) is 29.8 Å². The molecule has 0 bridgehead atoms. The average Bonchev–Trinajstić information content (AvgIpc) is 3.01. The first-order chi connectivity index (χ1) is 12.3. The molecule has 4 nitrogen and oxygen atoms in total. The summed E-state index contributed by atoms with van der Waals surface area (Å²) in [5.74, 6) is 2.71. The molecule has 2 aliphatic heterocycles. The zero-order valence-corrected chi connectivity index (χ0v) is 18.4. The molecule has 2 heterocycles. The second-order valence-corrected chi connectivity index (χ2v) is 12.7. The third-order valence-electron chi connectivity index (χ3n) is 5.10. The molecule has 2 saturated heterocycles. The van der Waals surface area contributed by atoms with Gasteiger partial charge in [0, 0.05) is 31.1 Å². The first-order valence-electron chi connectivity index (χ1n) is 9.18. The lowest BCUT2D eigenvalue weighted by atomic mass is 9.94. The van der Waals surface area contributed by atoms with Gasteiger partial charge in [-0.15, -0.1) is 23.5 Å². The van der Waals surface area contributed by atoms with Crippen LogP contribution in [0.5, 0.6) is 0 Å². The van der Waals surface area contributed by atoms with Crippen LogP contribution in [0.4, 0.5) is 0 Å². The average molecular weight is 416 g/mol. The Hall–Kier alpha value is -0.210. The van der Waals surface area contributed by atoms with Gasteiger partial charge in [0.05, 0.1) is 8.97 Å². The fraction of sp³-hybridized carbons (Fsp3) is 0.684. The molecule has 0 N–H and O–H groups in total. The number of piperidine rings is 1. The van der Waals surface area contributed by atoms with Gasteiger partial charge in [0.25, 0.3) is 0 Å². The van der Waals surface area contributed by atoms with Crippen LogP contribution in [-0.2, 0) is 14.8 Å². The van der Waals surface area contributed by atoms with Crippen LogP contribution >= 0.6 is 23.5 Å². The molecule has 0 amide bonds. The van der Waals surface area contributed by atoms with Crippen molar-refractivity contribution in [1.29, 1.82) is 0 Å². The maximum atomic E-state index is 13.5. The van der Waals surface area contributed by atoms with Crippen molar-refractivity contribution in [1.82, 2.24) is 4.31 Å². The molecule has 146 valence electrons. The van der Waals surface area contributed by atoms with Crippen LogP contribution in [-0.4, -0.2) is 47.7 Å². The van der Waals surface area contributed by atoms with E-state index in [0.29, 0.717) is 10.8 Å². The molecule has 2 atom stereocenters. The number of hydrogen-bond donors (Lipinski definition) is 0. The van der Waals surface area contributed by atoms with E-state index in [0.717, 1.165) is 36.3 Å². The Morgan fingerprint density at radius 2 is 1.81 bits per heavy atom. The van der Waals surface area contributed by atoms with Gasteiger partial charge >= 0.3 is 0 Å². The van der Waals surface area contributed by atoms with E-state index in [1.54, 1.807) is 23.5 Å². The summed E-state index contributed by atoms with van der Waals surface area (Å²) in [5.41, 5.74) is 1.06. The maximum Gasteiger partial charge on any atom is 0.245 e. The molecule has 1 spiro atoms. The predicted molar refractivity (Wildman–Crippen MR) is 111 cm³/mol. The summed E-state index contributed by atoms with van der Waals surface area (Å²) in [4.78, 5) is 0.363. The molecule has 7 heteroatoms. The lowest BCUT2D eigenvalue weighted by Crippen LogP contribution is -2.56. The van der Waals surface area contributed by atoms with Crippen molar-refractivity contribution < 1.29 is 13.2 Å². The van der Waals surface area contributed by atoms with Crippen LogP contribution in [0.1, 0.15) is 38.7 Å². The van der Waals surface area contributed by atoms with Crippen molar-refractivity contribution in [3.8, 4) is 0 Å². The van der Waals surface area contributed by atoms with Crippen molar-refractivity contribution >= 4 is 33.5 Å². The van der Waals surface area contributed by atoms with Crippen LogP contribution in [0, 0.1) is 12.8 Å². The van der Waals surface area contributed by atoms with E-state index in [4.69, 9.17) is 4.74 Å². The number of ether oxygens (including phenoxy) is 1. The van der Waals surface area contributed by atoms with Crippen LogP contribution in [0.25, 0.3) is 0 Å². The van der Waals surface area contributed by atoms with Gasteiger partial charge in [0.15, 0.2) is 0 Å². The number of aryl methyl sites for hydroxylation is 1. The van der Waals surface area contributed by atoms with Gasteiger partial charge in [-0.1, -0.05) is 31.5 Å². The molecule has 1 aromatic rings. The van der Waals surface area contributed by atoms with Gasteiger partial charge in [-0.05, 0) is 37.8 Å². The Labute approximate surface area is 166 Å². The monoisotopic (exact) mass is 415 g/mol. The Morgan fingerprint density at radius 3 is 2.35 bits per heavy atom. The number of rotatable bonds is 5. The van der Waals surface area contributed by atoms with Crippen molar-refractivity contribution in [2.45, 2.75) is 61.3 Å². The van der Waals surface area contributed by atoms with E-state index in [-0.39, 0.29) is 10.1 Å². The van der Waals surface area contributed by atoms with Gasteiger partial charge in [-0.3, -0.25) is 0 Å². The third-order valence-corrected chi connectivity index (χ3v) is 10.6. The SMILES string of the molecule is CO[C@@H]1CC2(C[C@H](CC(C)C)N1S(=O)(=O)c1ccc(C)cc1)SCCS2. The number of methoxy groups -OCH3 is 1. The van der Waals surface area contributed by atoms with Crippen LogP contribution < -0.4 is 0 Å². The zero-order chi connectivity index (χ0) is 18.9. The largest absolute Gasteiger partial charge is 0.365 e. The molecule has 0 unspecified atom stereocenters. The Bertz CT molecular complexity index is 712. The first kappa shape index (κ1) is 20.5. The molecule has 3 rings (SSSR count). The van der Waals surface area contributed by atoms with Gasteiger partial charge in [-0.2, -0.15) is 4.31 Å². The first-order valence-corrected chi connectivity index (χ1v) is 12.6. The normalized spacial score (nSPS) is 26.7. The minimum absolute atomic E-state index is 0.0295. The summed E-state index contributed by atoms with van der Waals surface area (Å²) in [6, 6.07) is 7.12. The molecular formula is C19H29NO3S3. The van der Waals surface area contributed by atoms with Crippen molar-refractivity contribution in [2.75, 3.05) is 18.6 Å². The lowest BCUT2D eigenvalue weighted by molar-refractivity contribution is -0.0363. The fourth-order valence-electron chi connectivity index (χ4n) is 3.96. The number of hydrogen-bond acceptors (Lipinski definition) is 5. The van der Waals surface area contributed by atoms with E-state index in [9.17, 15) is 8.42 Å². The molecule has 0 saturated carbocycles. The Morgan fingerprint density at radius 1 is 1.19 bits per heavy atom. The summed E-state index contributed by atoms with van der Waals surface area (Å²) in [6.07, 6.45) is 2.09. The van der Waals surface area contributed by atoms with E-state index in [2.05, 4.69) is 13.8 Å². The summed E-state index contributed by atoms with van der Waals surface area (Å²) in [6.45, 7) is 6.29. The van der Waals surface area contributed by atoms with E-state index in [1.165, 1.54) is 0 Å². The van der Waals surface area contributed by atoms with Gasteiger partial charge < -0.3 is 4.74 Å². The standard InChI is InChI=1S/C19H29NO3S3/c1-14(2)11-16-12-19(24-9-10-25-19)13-18(23-4)20(16)26(21,22)17-7-5-15(3)6-8-17/h5-8,14,16,18H,9-13H2,1-4H3/t16-,18+/m0/s1. The highest BCUT2D eigenvalue weighted by atomic mass is 32.2. The highest BCUT2D eigenvalue weighted by Crippen LogP contribution is 2.55. The second-order valence-electron chi connectivity index (χ2n) is 7.64. The number of thioether (sulfide) groups is 2. The third kappa shape index (κ3) is 4.12. The number of sulfonamides is 1. The Kier molecular flexibility index (Phi) is 6.34. The molecule has 1 aromatic carbocycles. The Balaban J connectivity index is 1.99. The quantitative estimate of drug-likeness (QED) is 0.716. The van der Waals surface area contributed by atoms with Crippen molar-refractivity contribution in [3.63, 3.8) is 0 Å². The molecule has 26 heavy (non-hydrogen) atoms. The van der Waals surface area contributed by atoms with Crippen LogP contribution in [0.15, 0.2) is 29.2 Å². The lowest BCUT2D eigenvalue weighted by Gasteiger charge is -2.47. The van der Waals surface area contributed by atoms with Gasteiger partial charge in [0.1, 0.15) is 6.23 Å². The minimum atomic E-state index is -3.59. The second kappa shape index (κ2) is 8.03. The van der Waals surface area contributed by atoms with Crippen LogP contribution in [0.2, 0.25) is 0 Å². The molecule has 2 aliphatic rings. The molecule has 0 aliphatic carbocycles. The summed E-state index contributed by atoms with van der Waals surface area (Å²) in [5, 5.41) is 0. The molecule has 0 aromatic heterocycles. The summed E-state index contributed by atoms with van der Waals surface area (Å²) >= 11 is 3.98. The fourth-order valence-corrected chi connectivity index (χ4v) is 9.09. The maximum absolute atomic E-state index is 13.5. The van der Waals surface area contributed by atoms with Gasteiger partial charge in [-0.25, -0.2) is 8.42 Å². The predicted octanol–water partition coefficient (Wildman–Crippen LogP) is 4.34. The minimum Gasteiger partial charge on any atom is -0.365 e. The number of nitrogens with zero attached hydrogens (tertiary/aromatic N) is 1. The molecular weight excluding hydrogens is 386 g/mol. The van der Waals surface area contributed by atoms with Crippen molar-refractivity contribution in [2.24, 2.45) is 5.92 Å². The summed E-state index contributed by atoms with van der Waals surface area (Å²) in [7, 11) is -1.95. The zero-order valence-electron chi connectivity index (χ0n) is 16.0. The van der Waals surface area contributed by atoms with E-state index < -0.39 is 16.3 Å².